The van der Waals surface area contributed by atoms with Crippen LogP contribution in [0.3, 0.4) is 0 Å². The van der Waals surface area contributed by atoms with E-state index in [0.29, 0.717) is 6.42 Å². The minimum absolute atomic E-state index is 0.0505. The molecule has 0 aliphatic heterocycles. The van der Waals surface area contributed by atoms with Gasteiger partial charge < -0.3 is 10.0 Å². The molecule has 0 amide bonds. The molecular weight excluding hydrogens is 236 g/mol. The third kappa shape index (κ3) is 2.98. The summed E-state index contributed by atoms with van der Waals surface area (Å²) in [5.41, 5.74) is 2.20. The van der Waals surface area contributed by atoms with Crippen LogP contribution in [0.25, 0.3) is 0 Å². The van der Waals surface area contributed by atoms with Gasteiger partial charge in [0.2, 0.25) is 0 Å². The Morgan fingerprint density at radius 3 is 2.47 bits per heavy atom. The molecule has 1 aliphatic rings. The van der Waals surface area contributed by atoms with Crippen molar-refractivity contribution in [2.75, 3.05) is 14.1 Å². The van der Waals surface area contributed by atoms with Gasteiger partial charge in [0.1, 0.15) is 0 Å². The molecule has 0 aromatic carbocycles. The van der Waals surface area contributed by atoms with E-state index in [-0.39, 0.29) is 11.6 Å². The Balaban J connectivity index is 2.08. The van der Waals surface area contributed by atoms with Crippen LogP contribution in [0.4, 0.5) is 0 Å². The van der Waals surface area contributed by atoms with E-state index in [2.05, 4.69) is 43.0 Å². The van der Waals surface area contributed by atoms with E-state index < -0.39 is 0 Å². The molecule has 1 unspecified atom stereocenters. The van der Waals surface area contributed by atoms with Crippen LogP contribution in [0.1, 0.15) is 43.9 Å². The summed E-state index contributed by atoms with van der Waals surface area (Å²) in [5, 5.41) is 10.7. The van der Waals surface area contributed by atoms with Gasteiger partial charge in [-0.25, -0.2) is 0 Å². The van der Waals surface area contributed by atoms with Crippen molar-refractivity contribution in [3.05, 3.63) is 29.6 Å². The highest BCUT2D eigenvalue weighted by molar-refractivity contribution is 5.15. The number of aryl methyl sites for hydroxylation is 1. The molecule has 1 saturated carbocycles. The van der Waals surface area contributed by atoms with Crippen LogP contribution in [0.2, 0.25) is 0 Å². The van der Waals surface area contributed by atoms with Gasteiger partial charge in [0, 0.05) is 23.9 Å². The zero-order chi connectivity index (χ0) is 13.9. The average molecular weight is 262 g/mol. The lowest BCUT2D eigenvalue weighted by atomic mass is 9.86. The highest BCUT2D eigenvalue weighted by Gasteiger charge is 2.42. The number of aromatic nitrogens is 1. The molecule has 1 N–H and O–H groups in total. The number of hydrogen-bond acceptors (Lipinski definition) is 3. The van der Waals surface area contributed by atoms with Crippen LogP contribution in [0, 0.1) is 0 Å². The molecule has 106 valence electrons. The number of pyridine rings is 1. The fourth-order valence-corrected chi connectivity index (χ4v) is 3.24. The van der Waals surface area contributed by atoms with Gasteiger partial charge in [0.05, 0.1) is 6.10 Å². The van der Waals surface area contributed by atoms with Crippen LogP contribution in [-0.2, 0) is 12.8 Å². The standard InChI is InChI=1S/C16H26N2O/c1-4-13-7-8-14(17-12-13)11-15(19)16(18(2)3)9-5-6-10-16/h7-8,12,15,19H,4-6,9-11H2,1-3H3. The molecule has 0 saturated heterocycles. The van der Waals surface area contributed by atoms with E-state index in [1.165, 1.54) is 18.4 Å². The quantitative estimate of drug-likeness (QED) is 0.885. The van der Waals surface area contributed by atoms with Crippen molar-refractivity contribution in [1.29, 1.82) is 0 Å². The fraction of sp³-hybridized carbons (Fsp3) is 0.688. The predicted molar refractivity (Wildman–Crippen MR) is 78.2 cm³/mol. The number of rotatable bonds is 5. The molecule has 0 bridgehead atoms. The maximum atomic E-state index is 10.7. The van der Waals surface area contributed by atoms with Gasteiger partial charge in [-0.1, -0.05) is 25.8 Å². The first-order chi connectivity index (χ1) is 9.08. The molecule has 1 heterocycles. The SMILES string of the molecule is CCc1ccc(CC(O)C2(N(C)C)CCCC2)nc1. The summed E-state index contributed by atoms with van der Waals surface area (Å²) in [7, 11) is 4.17. The average Bonchev–Trinajstić information content (AvgIpc) is 2.90. The normalized spacial score (nSPS) is 19.8. The van der Waals surface area contributed by atoms with Crippen molar-refractivity contribution in [2.45, 2.75) is 57.1 Å². The summed E-state index contributed by atoms with van der Waals surface area (Å²) >= 11 is 0. The first kappa shape index (κ1) is 14.5. The summed E-state index contributed by atoms with van der Waals surface area (Å²) in [6.45, 7) is 2.13. The Kier molecular flexibility index (Phi) is 4.58. The fourth-order valence-electron chi connectivity index (χ4n) is 3.24. The third-order valence-electron chi connectivity index (χ3n) is 4.68. The van der Waals surface area contributed by atoms with Gasteiger partial charge in [-0.05, 0) is 45.0 Å². The Morgan fingerprint density at radius 2 is 2.00 bits per heavy atom. The monoisotopic (exact) mass is 262 g/mol. The van der Waals surface area contributed by atoms with Gasteiger partial charge >= 0.3 is 0 Å². The van der Waals surface area contributed by atoms with E-state index >= 15 is 0 Å². The van der Waals surface area contributed by atoms with E-state index in [0.717, 1.165) is 25.0 Å². The van der Waals surface area contributed by atoms with Crippen LogP contribution >= 0.6 is 0 Å². The number of hydrogen-bond donors (Lipinski definition) is 1. The minimum Gasteiger partial charge on any atom is -0.391 e. The summed E-state index contributed by atoms with van der Waals surface area (Å²) < 4.78 is 0. The first-order valence-electron chi connectivity index (χ1n) is 7.38. The maximum Gasteiger partial charge on any atom is 0.0778 e. The van der Waals surface area contributed by atoms with Gasteiger partial charge in [-0.3, -0.25) is 4.98 Å². The summed E-state index contributed by atoms with van der Waals surface area (Å²) in [4.78, 5) is 6.69. The largest absolute Gasteiger partial charge is 0.391 e. The Labute approximate surface area is 116 Å². The summed E-state index contributed by atoms with van der Waals surface area (Å²) in [5.74, 6) is 0. The Bertz CT molecular complexity index is 394. The molecule has 1 aromatic heterocycles. The molecule has 1 aromatic rings. The van der Waals surface area contributed by atoms with Crippen molar-refractivity contribution in [1.82, 2.24) is 9.88 Å². The van der Waals surface area contributed by atoms with Gasteiger partial charge in [-0.2, -0.15) is 0 Å². The van der Waals surface area contributed by atoms with Crippen LogP contribution in [0.15, 0.2) is 18.3 Å². The number of likely N-dealkylation sites (N-methyl/N-ethyl adjacent to an activating group) is 1. The molecule has 3 heteroatoms. The van der Waals surface area contributed by atoms with Crippen LogP contribution < -0.4 is 0 Å². The lowest BCUT2D eigenvalue weighted by Crippen LogP contribution is -2.52. The highest BCUT2D eigenvalue weighted by atomic mass is 16.3. The zero-order valence-electron chi connectivity index (χ0n) is 12.4. The second kappa shape index (κ2) is 6.02. The predicted octanol–water partition coefficient (Wildman–Crippen LogP) is 2.42. The van der Waals surface area contributed by atoms with Crippen molar-refractivity contribution >= 4 is 0 Å². The topological polar surface area (TPSA) is 36.4 Å². The van der Waals surface area contributed by atoms with Crippen molar-refractivity contribution in [2.24, 2.45) is 0 Å². The maximum absolute atomic E-state index is 10.7. The van der Waals surface area contributed by atoms with E-state index in [4.69, 9.17) is 0 Å². The van der Waals surface area contributed by atoms with Gasteiger partial charge in [0.25, 0.3) is 0 Å². The van der Waals surface area contributed by atoms with Crippen LogP contribution in [0.5, 0.6) is 0 Å². The molecule has 19 heavy (non-hydrogen) atoms. The zero-order valence-corrected chi connectivity index (χ0v) is 12.4. The summed E-state index contributed by atoms with van der Waals surface area (Å²) in [6, 6.07) is 4.17. The Morgan fingerprint density at radius 1 is 1.32 bits per heavy atom. The lowest BCUT2D eigenvalue weighted by molar-refractivity contribution is -0.00302. The highest BCUT2D eigenvalue weighted by Crippen LogP contribution is 2.37. The molecule has 1 fully saturated rings. The van der Waals surface area contributed by atoms with Gasteiger partial charge in [0.15, 0.2) is 0 Å². The smallest absolute Gasteiger partial charge is 0.0778 e. The van der Waals surface area contributed by atoms with Crippen molar-refractivity contribution in [3.63, 3.8) is 0 Å². The molecule has 0 radical (unpaired) electrons. The number of nitrogens with zero attached hydrogens (tertiary/aromatic N) is 2. The number of aliphatic hydroxyl groups excluding tert-OH is 1. The first-order valence-corrected chi connectivity index (χ1v) is 7.38. The minimum atomic E-state index is -0.329. The molecule has 2 rings (SSSR count). The van der Waals surface area contributed by atoms with E-state index in [1.54, 1.807) is 0 Å². The molecular formula is C16H26N2O. The van der Waals surface area contributed by atoms with E-state index in [1.807, 2.05) is 6.20 Å². The van der Waals surface area contributed by atoms with E-state index in [9.17, 15) is 5.11 Å². The molecule has 1 atom stereocenters. The second-order valence-corrected chi connectivity index (χ2v) is 5.94. The van der Waals surface area contributed by atoms with Crippen LogP contribution in [-0.4, -0.2) is 40.7 Å². The molecule has 3 nitrogen and oxygen atoms in total. The lowest BCUT2D eigenvalue weighted by Gasteiger charge is -2.40. The molecule has 0 spiro atoms. The van der Waals surface area contributed by atoms with Crippen molar-refractivity contribution < 1.29 is 5.11 Å². The second-order valence-electron chi connectivity index (χ2n) is 5.94. The Hall–Kier alpha value is -0.930. The van der Waals surface area contributed by atoms with Crippen molar-refractivity contribution in [3.8, 4) is 0 Å². The van der Waals surface area contributed by atoms with Gasteiger partial charge in [-0.15, -0.1) is 0 Å². The summed E-state index contributed by atoms with van der Waals surface area (Å²) in [6.07, 6.45) is 7.89. The molecule has 1 aliphatic carbocycles. The number of aliphatic hydroxyl groups is 1. The third-order valence-corrected chi connectivity index (χ3v) is 4.68.